The zero-order valence-corrected chi connectivity index (χ0v) is 32.5. The number of nitrogens with zero attached hydrogens (tertiary/aromatic N) is 3. The minimum atomic E-state index is -0.463. The number of furan rings is 1. The summed E-state index contributed by atoms with van der Waals surface area (Å²) in [5.74, 6) is 1.71. The molecule has 2 aromatic heterocycles. The molecule has 282 valence electrons. The molecular formula is C55H36N4O. The molecule has 13 rings (SSSR count). The normalized spacial score (nSPS) is 16.5. The van der Waals surface area contributed by atoms with Crippen molar-refractivity contribution in [3.05, 3.63) is 215 Å². The van der Waals surface area contributed by atoms with Gasteiger partial charge in [-0.2, -0.15) is 0 Å². The number of nitrogens with one attached hydrogen (secondary N) is 1. The molecule has 0 radical (unpaired) electrons. The van der Waals surface area contributed by atoms with Crippen LogP contribution in [0.3, 0.4) is 0 Å². The lowest BCUT2D eigenvalue weighted by atomic mass is 9.80. The standard InChI is InChI=1S/C55H36N4O/c1-2-14-33(15-3-1)35-17-10-18-36(32-35)53-56-54(58-55(57-53)43-25-13-29-48-50(43)42-22-7-9-28-47(42)60-48)41-21-6-8-26-44(41)59-45-27-12-24-40-38-20-5-4-19-37(38)39-23-11-16-34-30-31-46(59)52(49(34)39)51(40)45/h1-22,24-32,39,54H,23H2,(H,56,57,58). The molecule has 8 aromatic carbocycles. The van der Waals surface area contributed by atoms with Gasteiger partial charge in [0.1, 0.15) is 23.2 Å². The highest BCUT2D eigenvalue weighted by molar-refractivity contribution is 6.22. The quantitative estimate of drug-likeness (QED) is 0.190. The van der Waals surface area contributed by atoms with E-state index >= 15 is 0 Å². The molecule has 0 spiro atoms. The number of hydrogen-bond donors (Lipinski definition) is 1. The Bertz CT molecular complexity index is 3510. The maximum atomic E-state index is 6.38. The number of rotatable bonds is 5. The molecule has 0 fully saturated rings. The predicted molar refractivity (Wildman–Crippen MR) is 246 cm³/mol. The van der Waals surface area contributed by atoms with Crippen LogP contribution in [0.4, 0.5) is 0 Å². The monoisotopic (exact) mass is 768 g/mol. The van der Waals surface area contributed by atoms with Crippen LogP contribution in [0.2, 0.25) is 0 Å². The van der Waals surface area contributed by atoms with Crippen molar-refractivity contribution in [2.45, 2.75) is 18.5 Å². The summed E-state index contributed by atoms with van der Waals surface area (Å²) in [7, 11) is 0. The lowest BCUT2D eigenvalue weighted by molar-refractivity contribution is 0.667. The van der Waals surface area contributed by atoms with Crippen LogP contribution in [-0.2, 0) is 0 Å². The van der Waals surface area contributed by atoms with E-state index in [0.29, 0.717) is 5.84 Å². The van der Waals surface area contributed by atoms with E-state index in [9.17, 15) is 0 Å². The van der Waals surface area contributed by atoms with Crippen LogP contribution in [0, 0.1) is 0 Å². The highest BCUT2D eigenvalue weighted by Crippen LogP contribution is 2.52. The molecule has 1 N–H and O–H groups in total. The lowest BCUT2D eigenvalue weighted by Gasteiger charge is -2.27. The van der Waals surface area contributed by atoms with Gasteiger partial charge in [-0.25, -0.2) is 9.98 Å². The molecule has 5 heteroatoms. The van der Waals surface area contributed by atoms with Gasteiger partial charge in [-0.05, 0) is 81.8 Å². The van der Waals surface area contributed by atoms with Gasteiger partial charge < -0.3 is 14.3 Å². The topological polar surface area (TPSA) is 54.8 Å². The number of aliphatic imine (C=N–C) groups is 2. The van der Waals surface area contributed by atoms with Crippen LogP contribution in [0.1, 0.15) is 51.9 Å². The van der Waals surface area contributed by atoms with Crippen LogP contribution >= 0.6 is 0 Å². The molecule has 2 aliphatic carbocycles. The Labute approximate surface area is 346 Å². The summed E-state index contributed by atoms with van der Waals surface area (Å²) in [4.78, 5) is 10.9. The van der Waals surface area contributed by atoms with Gasteiger partial charge in [-0.1, -0.05) is 152 Å². The Hall–Kier alpha value is -7.76. The molecule has 0 bridgehead atoms. The summed E-state index contributed by atoms with van der Waals surface area (Å²) in [5.41, 5.74) is 17.1. The second-order valence-electron chi connectivity index (χ2n) is 16.0. The molecule has 2 atom stereocenters. The average Bonchev–Trinajstić information content (AvgIpc) is 3.84. The fourth-order valence-electron chi connectivity index (χ4n) is 10.2. The van der Waals surface area contributed by atoms with Gasteiger partial charge in [-0.3, -0.25) is 0 Å². The number of para-hydroxylation sites is 2. The Morgan fingerprint density at radius 3 is 2.22 bits per heavy atom. The molecule has 3 heterocycles. The molecule has 5 nitrogen and oxygen atoms in total. The third-order valence-corrected chi connectivity index (χ3v) is 12.8. The Kier molecular flexibility index (Phi) is 7.13. The number of allylic oxidation sites excluding steroid dienone is 1. The molecule has 3 aliphatic rings. The van der Waals surface area contributed by atoms with Crippen molar-refractivity contribution in [2.75, 3.05) is 0 Å². The van der Waals surface area contributed by atoms with Crippen LogP contribution in [0.15, 0.2) is 196 Å². The Balaban J connectivity index is 1.05. The third-order valence-electron chi connectivity index (χ3n) is 12.8. The fraction of sp³-hybridized carbons (Fsp3) is 0.0545. The molecule has 10 aromatic rings. The van der Waals surface area contributed by atoms with E-state index in [1.807, 2.05) is 24.3 Å². The lowest BCUT2D eigenvalue weighted by Crippen LogP contribution is -2.34. The van der Waals surface area contributed by atoms with E-state index in [2.05, 4.69) is 174 Å². The molecule has 1 aliphatic heterocycles. The van der Waals surface area contributed by atoms with Gasteiger partial charge in [0.05, 0.1) is 16.7 Å². The molecule has 0 saturated carbocycles. The number of aromatic nitrogens is 1. The molecule has 60 heavy (non-hydrogen) atoms. The largest absolute Gasteiger partial charge is 0.456 e. The Morgan fingerprint density at radius 2 is 1.27 bits per heavy atom. The van der Waals surface area contributed by atoms with Crippen molar-refractivity contribution >= 4 is 61.5 Å². The van der Waals surface area contributed by atoms with Gasteiger partial charge in [0.15, 0.2) is 5.84 Å². The highest BCUT2D eigenvalue weighted by atomic mass is 16.3. The summed E-state index contributed by atoms with van der Waals surface area (Å²) in [5, 5.41) is 8.57. The van der Waals surface area contributed by atoms with Gasteiger partial charge in [0.25, 0.3) is 0 Å². The van der Waals surface area contributed by atoms with Crippen LogP contribution in [0.5, 0.6) is 0 Å². The Morgan fingerprint density at radius 1 is 0.550 bits per heavy atom. The van der Waals surface area contributed by atoms with Gasteiger partial charge in [0, 0.05) is 44.2 Å². The summed E-state index contributed by atoms with van der Waals surface area (Å²) in [6.45, 7) is 0. The first kappa shape index (κ1) is 33.2. The second-order valence-corrected chi connectivity index (χ2v) is 16.0. The smallest absolute Gasteiger partial charge is 0.160 e. The first-order valence-corrected chi connectivity index (χ1v) is 20.7. The van der Waals surface area contributed by atoms with Crippen molar-refractivity contribution in [3.8, 4) is 27.9 Å². The minimum Gasteiger partial charge on any atom is -0.456 e. The third kappa shape index (κ3) is 4.86. The summed E-state index contributed by atoms with van der Waals surface area (Å²) >= 11 is 0. The van der Waals surface area contributed by atoms with Gasteiger partial charge in [0.2, 0.25) is 0 Å². The molecule has 0 amide bonds. The SMILES string of the molecule is C1=Cc2ccc3c4c2C(C1)c1ccccc1-c1cccc(c14)n3-c1ccccc1C1N=C(c2cccc3oc4ccccc4c23)N=C(c2cccc(-c3ccccc3)c2)N1. The van der Waals surface area contributed by atoms with Crippen molar-refractivity contribution in [3.63, 3.8) is 0 Å². The van der Waals surface area contributed by atoms with E-state index in [0.717, 1.165) is 67.7 Å². The van der Waals surface area contributed by atoms with E-state index < -0.39 is 6.17 Å². The average molecular weight is 769 g/mol. The molecule has 0 saturated heterocycles. The van der Waals surface area contributed by atoms with Crippen LogP contribution in [0.25, 0.3) is 77.8 Å². The van der Waals surface area contributed by atoms with E-state index in [-0.39, 0.29) is 5.92 Å². The van der Waals surface area contributed by atoms with Crippen molar-refractivity contribution in [2.24, 2.45) is 9.98 Å². The molecule has 2 unspecified atom stereocenters. The zero-order valence-electron chi connectivity index (χ0n) is 32.5. The zero-order chi connectivity index (χ0) is 39.3. The van der Waals surface area contributed by atoms with E-state index in [4.69, 9.17) is 14.4 Å². The first-order valence-electron chi connectivity index (χ1n) is 20.7. The number of hydrogen-bond acceptors (Lipinski definition) is 4. The molecular weight excluding hydrogens is 733 g/mol. The van der Waals surface area contributed by atoms with Crippen molar-refractivity contribution in [1.29, 1.82) is 0 Å². The summed E-state index contributed by atoms with van der Waals surface area (Å²) in [6.07, 6.45) is 5.19. The number of benzene rings is 8. The van der Waals surface area contributed by atoms with E-state index in [1.165, 1.54) is 49.6 Å². The number of fused-ring (bicyclic) bond motifs is 6. The minimum absolute atomic E-state index is 0.283. The van der Waals surface area contributed by atoms with Crippen LogP contribution in [-0.4, -0.2) is 16.2 Å². The van der Waals surface area contributed by atoms with Gasteiger partial charge in [-0.15, -0.1) is 0 Å². The van der Waals surface area contributed by atoms with Crippen LogP contribution < -0.4 is 5.32 Å². The summed E-state index contributed by atoms with van der Waals surface area (Å²) in [6, 6.07) is 62.8. The fourth-order valence-corrected chi connectivity index (χ4v) is 10.2. The summed E-state index contributed by atoms with van der Waals surface area (Å²) < 4.78 is 8.86. The second kappa shape index (κ2) is 12.9. The van der Waals surface area contributed by atoms with Gasteiger partial charge >= 0.3 is 0 Å². The van der Waals surface area contributed by atoms with Crippen molar-refractivity contribution < 1.29 is 4.42 Å². The highest BCUT2D eigenvalue weighted by Gasteiger charge is 2.32. The van der Waals surface area contributed by atoms with Crippen molar-refractivity contribution in [1.82, 2.24) is 9.88 Å². The maximum Gasteiger partial charge on any atom is 0.160 e. The predicted octanol–water partition coefficient (Wildman–Crippen LogP) is 13.4. The first-order chi connectivity index (χ1) is 29.8. The van der Waals surface area contributed by atoms with E-state index in [1.54, 1.807) is 0 Å². The number of amidine groups is 2. The maximum absolute atomic E-state index is 6.38.